The molecule has 1 aromatic carbocycles. The van der Waals surface area contributed by atoms with E-state index >= 15 is 0 Å². The number of rotatable bonds is 2. The molecule has 0 unspecified atom stereocenters. The maximum absolute atomic E-state index is 8.50. The zero-order chi connectivity index (χ0) is 9.97. The quantitative estimate of drug-likeness (QED) is 0.579. The zero-order valence-electron chi connectivity index (χ0n) is 7.35. The fraction of sp³-hybridized carbons (Fsp3) is 0.111. The number of benzene rings is 1. The number of nitrogens with zero attached hydrogens (tertiary/aromatic N) is 2. The molecule has 0 aliphatic heterocycles. The molecule has 0 amide bonds. The number of thiocyanates is 1. The molecule has 14 heavy (non-hydrogen) atoms. The minimum atomic E-state index is 0.774. The average molecular weight is 222 g/mol. The van der Waals surface area contributed by atoms with Gasteiger partial charge in [0.25, 0.3) is 0 Å². The average Bonchev–Trinajstić information content (AvgIpc) is 2.59. The molecule has 2 rings (SSSR count). The predicted molar refractivity (Wildman–Crippen MR) is 57.6 cm³/mol. The van der Waals surface area contributed by atoms with Crippen LogP contribution in [0, 0.1) is 10.7 Å². The van der Waals surface area contributed by atoms with Gasteiger partial charge >= 0.3 is 0 Å². The van der Waals surface area contributed by atoms with Gasteiger partial charge in [-0.05, 0) is 18.2 Å². The van der Waals surface area contributed by atoms with E-state index in [1.807, 2.05) is 23.6 Å². The molecule has 0 aliphatic carbocycles. The normalized spacial score (nSPS) is 10.0. The van der Waals surface area contributed by atoms with Crippen LogP contribution in [0.15, 0.2) is 22.5 Å². The van der Waals surface area contributed by atoms with Crippen molar-refractivity contribution in [3.8, 4) is 11.2 Å². The molecule has 2 aromatic rings. The summed E-state index contributed by atoms with van der Waals surface area (Å²) in [5, 5.41) is 10.5. The lowest BCUT2D eigenvalue weighted by Crippen LogP contribution is -1.80. The van der Waals surface area contributed by atoms with Gasteiger partial charge in [-0.1, -0.05) is 0 Å². The van der Waals surface area contributed by atoms with Crippen LogP contribution in [0.2, 0.25) is 0 Å². The van der Waals surface area contributed by atoms with Gasteiger partial charge in [-0.15, -0.1) is 11.3 Å². The Kier molecular flexibility index (Phi) is 2.57. The summed E-state index contributed by atoms with van der Waals surface area (Å²) < 4.78 is 6.92. The largest absolute Gasteiger partial charge is 0.497 e. The third-order valence-electron chi connectivity index (χ3n) is 1.71. The molecule has 0 fully saturated rings. The predicted octanol–water partition coefficient (Wildman–Crippen LogP) is 2.88. The summed E-state index contributed by atoms with van der Waals surface area (Å²) in [4.78, 5) is 4.28. The second kappa shape index (κ2) is 3.86. The lowest BCUT2D eigenvalue weighted by atomic mass is 10.3. The molecule has 5 heteroatoms. The van der Waals surface area contributed by atoms with Gasteiger partial charge in [-0.3, -0.25) is 0 Å². The number of ether oxygens (including phenoxy) is 1. The van der Waals surface area contributed by atoms with Crippen LogP contribution in [0.5, 0.6) is 5.75 Å². The molecule has 70 valence electrons. The number of nitriles is 1. The molecule has 0 radical (unpaired) electrons. The molecule has 0 bridgehead atoms. The number of thioether (sulfide) groups is 1. The van der Waals surface area contributed by atoms with Crippen LogP contribution in [0.1, 0.15) is 0 Å². The lowest BCUT2D eigenvalue weighted by molar-refractivity contribution is 0.415. The summed E-state index contributed by atoms with van der Waals surface area (Å²) in [5.41, 5.74) is 0.911. The van der Waals surface area contributed by atoms with Crippen molar-refractivity contribution in [3.63, 3.8) is 0 Å². The Morgan fingerprint density at radius 3 is 3.14 bits per heavy atom. The van der Waals surface area contributed by atoms with Crippen molar-refractivity contribution in [2.75, 3.05) is 7.11 Å². The minimum absolute atomic E-state index is 0.774. The summed E-state index contributed by atoms with van der Waals surface area (Å²) >= 11 is 2.59. The van der Waals surface area contributed by atoms with Gasteiger partial charge < -0.3 is 4.74 Å². The topological polar surface area (TPSA) is 45.9 Å². The van der Waals surface area contributed by atoms with Crippen molar-refractivity contribution in [2.45, 2.75) is 4.34 Å². The van der Waals surface area contributed by atoms with Crippen LogP contribution < -0.4 is 4.74 Å². The van der Waals surface area contributed by atoms with Crippen molar-refractivity contribution < 1.29 is 4.74 Å². The van der Waals surface area contributed by atoms with Crippen LogP contribution in [0.3, 0.4) is 0 Å². The molecule has 1 heterocycles. The Morgan fingerprint density at radius 1 is 1.57 bits per heavy atom. The first kappa shape index (κ1) is 9.31. The number of aromatic nitrogens is 1. The van der Waals surface area contributed by atoms with Crippen molar-refractivity contribution in [1.29, 1.82) is 5.26 Å². The monoisotopic (exact) mass is 222 g/mol. The summed E-state index contributed by atoms with van der Waals surface area (Å²) in [7, 11) is 1.63. The van der Waals surface area contributed by atoms with E-state index in [1.54, 1.807) is 7.11 Å². The molecule has 0 saturated carbocycles. The number of hydrogen-bond donors (Lipinski definition) is 0. The Morgan fingerprint density at radius 2 is 2.43 bits per heavy atom. The van der Waals surface area contributed by atoms with Crippen LogP contribution in [0.4, 0.5) is 0 Å². The van der Waals surface area contributed by atoms with Gasteiger partial charge in [0.1, 0.15) is 11.2 Å². The van der Waals surface area contributed by atoms with Gasteiger partial charge in [-0.2, -0.15) is 5.26 Å². The van der Waals surface area contributed by atoms with Crippen LogP contribution >= 0.6 is 23.1 Å². The Balaban J connectivity index is 2.50. The standard InChI is InChI=1S/C9H6N2OS2/c1-12-6-2-3-7-8(4-6)14-9(11-7)13-5-10/h2-4H,1H3. The smallest absolute Gasteiger partial charge is 0.165 e. The molecule has 0 spiro atoms. The first-order valence-corrected chi connectivity index (χ1v) is 5.47. The van der Waals surface area contributed by atoms with Crippen molar-refractivity contribution >= 4 is 33.3 Å². The minimum Gasteiger partial charge on any atom is -0.497 e. The van der Waals surface area contributed by atoms with Gasteiger partial charge in [0, 0.05) is 11.8 Å². The highest BCUT2D eigenvalue weighted by atomic mass is 32.2. The van der Waals surface area contributed by atoms with Gasteiger partial charge in [0.2, 0.25) is 0 Å². The summed E-state index contributed by atoms with van der Waals surface area (Å²) in [6.45, 7) is 0. The summed E-state index contributed by atoms with van der Waals surface area (Å²) in [6.07, 6.45) is 0. The van der Waals surface area contributed by atoms with Crippen LogP contribution in [0.25, 0.3) is 10.2 Å². The lowest BCUT2D eigenvalue weighted by Gasteiger charge is -1.96. The van der Waals surface area contributed by atoms with E-state index in [1.165, 1.54) is 11.3 Å². The highest BCUT2D eigenvalue weighted by Gasteiger charge is 2.04. The van der Waals surface area contributed by atoms with E-state index in [0.29, 0.717) is 0 Å². The molecule has 0 N–H and O–H groups in total. The highest BCUT2D eigenvalue weighted by molar-refractivity contribution is 8.05. The van der Waals surface area contributed by atoms with E-state index in [0.717, 1.165) is 32.1 Å². The summed E-state index contributed by atoms with van der Waals surface area (Å²) in [6, 6.07) is 5.68. The number of hydrogen-bond acceptors (Lipinski definition) is 5. The third-order valence-corrected chi connectivity index (χ3v) is 3.38. The first-order chi connectivity index (χ1) is 6.83. The fourth-order valence-corrected chi connectivity index (χ4v) is 2.59. The Bertz CT molecular complexity index is 501. The Labute approximate surface area is 89.3 Å². The SMILES string of the molecule is COc1ccc2nc(SC#N)sc2c1. The van der Waals surface area contributed by atoms with Crippen LogP contribution in [-0.2, 0) is 0 Å². The van der Waals surface area contributed by atoms with Crippen LogP contribution in [-0.4, -0.2) is 12.1 Å². The second-order valence-electron chi connectivity index (χ2n) is 2.51. The number of thiazole rings is 1. The maximum atomic E-state index is 8.50. The molecule has 0 saturated heterocycles. The van der Waals surface area contributed by atoms with E-state index < -0.39 is 0 Å². The van der Waals surface area contributed by atoms with E-state index in [9.17, 15) is 0 Å². The van der Waals surface area contributed by atoms with E-state index in [-0.39, 0.29) is 0 Å². The molecule has 0 aliphatic rings. The molecule has 0 atom stereocenters. The first-order valence-electron chi connectivity index (χ1n) is 3.84. The van der Waals surface area contributed by atoms with Crippen molar-refractivity contribution in [3.05, 3.63) is 18.2 Å². The second-order valence-corrected chi connectivity index (χ2v) is 4.57. The van der Waals surface area contributed by atoms with Crippen molar-refractivity contribution in [1.82, 2.24) is 4.98 Å². The number of methoxy groups -OCH3 is 1. The maximum Gasteiger partial charge on any atom is 0.165 e. The number of fused-ring (bicyclic) bond motifs is 1. The molecule has 1 aromatic heterocycles. The molecular formula is C9H6N2OS2. The Hall–Kier alpha value is -1.25. The zero-order valence-corrected chi connectivity index (χ0v) is 8.98. The fourth-order valence-electron chi connectivity index (χ4n) is 1.09. The van der Waals surface area contributed by atoms with E-state index in [2.05, 4.69) is 4.98 Å². The third kappa shape index (κ3) is 1.67. The highest BCUT2D eigenvalue weighted by Crippen LogP contribution is 2.31. The summed E-state index contributed by atoms with van der Waals surface area (Å²) in [5.74, 6) is 0.814. The van der Waals surface area contributed by atoms with Gasteiger partial charge in [-0.25, -0.2) is 4.98 Å². The van der Waals surface area contributed by atoms with Gasteiger partial charge in [0.05, 0.1) is 17.3 Å². The molecular weight excluding hydrogens is 216 g/mol. The van der Waals surface area contributed by atoms with Gasteiger partial charge in [0.15, 0.2) is 4.34 Å². The molecule has 3 nitrogen and oxygen atoms in total. The van der Waals surface area contributed by atoms with E-state index in [4.69, 9.17) is 10.00 Å². The van der Waals surface area contributed by atoms with Crippen molar-refractivity contribution in [2.24, 2.45) is 0 Å².